The van der Waals surface area contributed by atoms with Crippen LogP contribution in [0.1, 0.15) is 44.7 Å². The lowest BCUT2D eigenvalue weighted by molar-refractivity contribution is -0.122. The van der Waals surface area contributed by atoms with Gasteiger partial charge in [0.1, 0.15) is 18.2 Å². The van der Waals surface area contributed by atoms with E-state index in [1.165, 1.54) is 17.3 Å². The summed E-state index contributed by atoms with van der Waals surface area (Å²) in [4.78, 5) is 47.9. The molecule has 4 rings (SSSR count). The number of benzene rings is 1. The second-order valence-electron chi connectivity index (χ2n) is 10.5. The Kier molecular flexibility index (Phi) is 8.29. The lowest BCUT2D eigenvalue weighted by atomic mass is 9.80. The van der Waals surface area contributed by atoms with Crippen LogP contribution >= 0.6 is 11.8 Å². The number of amides is 3. The van der Waals surface area contributed by atoms with Gasteiger partial charge < -0.3 is 19.5 Å². The van der Waals surface area contributed by atoms with Crippen LogP contribution in [0, 0.1) is 12.3 Å². The van der Waals surface area contributed by atoms with Crippen LogP contribution in [0.5, 0.6) is 17.5 Å². The molecule has 1 aromatic heterocycles. The highest BCUT2D eigenvalue weighted by atomic mass is 32.2. The number of carbonyl (C=O) groups excluding carboxylic acids is 2. The Morgan fingerprint density at radius 1 is 1.26 bits per heavy atom. The Morgan fingerprint density at radius 3 is 2.69 bits per heavy atom. The summed E-state index contributed by atoms with van der Waals surface area (Å²) >= 11 is 0.888. The van der Waals surface area contributed by atoms with Crippen LogP contribution in [0.2, 0.25) is 0 Å². The van der Waals surface area contributed by atoms with Crippen LogP contribution in [-0.2, 0) is 4.79 Å². The normalized spacial score (nSPS) is 20.9. The lowest BCUT2D eigenvalue weighted by Crippen LogP contribution is -2.53. The molecule has 2 aromatic rings. The Labute approximate surface area is 231 Å². The summed E-state index contributed by atoms with van der Waals surface area (Å²) in [5, 5.41) is 9.30. The summed E-state index contributed by atoms with van der Waals surface area (Å²) in [6.07, 6.45) is 4.51. The first-order chi connectivity index (χ1) is 18.5. The molecule has 0 aliphatic carbocycles. The molecular formula is C28H32N4O6S. The van der Waals surface area contributed by atoms with E-state index in [1.807, 2.05) is 26.8 Å². The first-order valence-electron chi connectivity index (χ1n) is 12.6. The number of carbonyl (C=O) groups is 3. The van der Waals surface area contributed by atoms with E-state index in [0.717, 1.165) is 16.7 Å². The molecule has 2 unspecified atom stereocenters. The zero-order valence-corrected chi connectivity index (χ0v) is 23.2. The minimum atomic E-state index is -0.920. The summed E-state index contributed by atoms with van der Waals surface area (Å²) in [6, 6.07) is 6.92. The molecule has 2 atom stereocenters. The fourth-order valence-corrected chi connectivity index (χ4v) is 5.45. The van der Waals surface area contributed by atoms with Crippen molar-refractivity contribution in [1.82, 2.24) is 19.8 Å². The van der Waals surface area contributed by atoms with E-state index >= 15 is 0 Å². The van der Waals surface area contributed by atoms with E-state index in [1.54, 1.807) is 31.2 Å². The van der Waals surface area contributed by atoms with Crippen LogP contribution in [0.4, 0.5) is 9.59 Å². The average Bonchev–Trinajstić information content (AvgIpc) is 3.13. The quantitative estimate of drug-likeness (QED) is 0.339. The first kappa shape index (κ1) is 28.2. The van der Waals surface area contributed by atoms with Crippen LogP contribution < -0.4 is 9.47 Å². The van der Waals surface area contributed by atoms with Crippen molar-refractivity contribution in [2.75, 3.05) is 13.1 Å². The second kappa shape index (κ2) is 11.5. The van der Waals surface area contributed by atoms with E-state index in [2.05, 4.69) is 16.5 Å². The van der Waals surface area contributed by atoms with Gasteiger partial charge in [0, 0.05) is 32.0 Å². The number of nitrogens with zero attached hydrogens (tertiary/aromatic N) is 4. The second-order valence-corrected chi connectivity index (χ2v) is 11.5. The van der Waals surface area contributed by atoms with Crippen LogP contribution in [-0.4, -0.2) is 67.3 Å². The zero-order chi connectivity index (χ0) is 28.3. The van der Waals surface area contributed by atoms with Gasteiger partial charge in [-0.1, -0.05) is 39.0 Å². The number of ether oxygens (including phenoxy) is 2. The molecule has 1 aromatic carbocycles. The predicted octanol–water partition coefficient (Wildman–Crippen LogP) is 5.74. The molecule has 2 saturated heterocycles. The predicted molar refractivity (Wildman–Crippen MR) is 148 cm³/mol. The van der Waals surface area contributed by atoms with Crippen LogP contribution in [0.3, 0.4) is 0 Å². The van der Waals surface area contributed by atoms with Gasteiger partial charge in [-0.05, 0) is 47.9 Å². The number of aromatic nitrogens is 2. The molecule has 39 heavy (non-hydrogen) atoms. The number of imide groups is 1. The number of piperidine rings is 1. The molecule has 0 spiro atoms. The highest BCUT2D eigenvalue weighted by Crippen LogP contribution is 2.36. The maximum absolute atomic E-state index is 12.5. The highest BCUT2D eigenvalue weighted by Gasteiger charge is 2.40. The molecule has 10 nitrogen and oxygen atoms in total. The third-order valence-corrected chi connectivity index (χ3v) is 7.53. The van der Waals surface area contributed by atoms with Gasteiger partial charge in [-0.25, -0.2) is 14.8 Å². The number of rotatable bonds is 7. The molecule has 0 radical (unpaired) electrons. The Hall–Kier alpha value is -3.86. The molecule has 2 aliphatic heterocycles. The third-order valence-electron chi connectivity index (χ3n) is 6.63. The third kappa shape index (κ3) is 6.42. The largest absolute Gasteiger partial charge is 0.474 e. The number of thioether (sulfide) groups is 1. The van der Waals surface area contributed by atoms with Crippen molar-refractivity contribution in [2.45, 2.75) is 52.7 Å². The van der Waals surface area contributed by atoms with Crippen molar-refractivity contribution >= 4 is 35.1 Å². The monoisotopic (exact) mass is 552 g/mol. The maximum atomic E-state index is 12.5. The van der Waals surface area contributed by atoms with E-state index in [9.17, 15) is 19.5 Å². The summed E-state index contributed by atoms with van der Waals surface area (Å²) in [7, 11) is 0. The molecule has 206 valence electrons. The number of carboxylic acid groups (broad SMARTS) is 1. The van der Waals surface area contributed by atoms with Gasteiger partial charge in [0.25, 0.3) is 11.1 Å². The van der Waals surface area contributed by atoms with Crippen molar-refractivity contribution < 1.29 is 29.0 Å². The van der Waals surface area contributed by atoms with E-state index < -0.39 is 6.09 Å². The number of likely N-dealkylation sites (tertiary alicyclic amines) is 1. The molecule has 3 amide bonds. The van der Waals surface area contributed by atoms with Crippen LogP contribution in [0.15, 0.2) is 48.2 Å². The summed E-state index contributed by atoms with van der Waals surface area (Å²) < 4.78 is 12.3. The molecule has 2 fully saturated rings. The Bertz CT molecular complexity index is 1320. The van der Waals surface area contributed by atoms with Crippen molar-refractivity contribution in [3.63, 3.8) is 0 Å². The topological polar surface area (TPSA) is 122 Å². The van der Waals surface area contributed by atoms with E-state index in [-0.39, 0.29) is 35.3 Å². The molecule has 1 N–H and O–H groups in total. The van der Waals surface area contributed by atoms with Gasteiger partial charge in [-0.15, -0.1) is 6.58 Å². The van der Waals surface area contributed by atoms with Crippen molar-refractivity contribution in [2.24, 2.45) is 5.41 Å². The molecule has 2 aliphatic rings. The Balaban J connectivity index is 1.48. The van der Waals surface area contributed by atoms with Gasteiger partial charge >= 0.3 is 6.09 Å². The zero-order valence-electron chi connectivity index (χ0n) is 22.4. The minimum absolute atomic E-state index is 0.165. The van der Waals surface area contributed by atoms with Crippen molar-refractivity contribution in [3.05, 3.63) is 59.3 Å². The first-order valence-corrected chi connectivity index (χ1v) is 13.4. The molecular weight excluding hydrogens is 520 g/mol. The highest BCUT2D eigenvalue weighted by molar-refractivity contribution is 8.18. The smallest absolute Gasteiger partial charge is 0.407 e. The molecule has 3 heterocycles. The van der Waals surface area contributed by atoms with Gasteiger partial charge in [0.15, 0.2) is 0 Å². The van der Waals surface area contributed by atoms with E-state index in [4.69, 9.17) is 9.47 Å². The van der Waals surface area contributed by atoms with Gasteiger partial charge in [-0.2, -0.15) is 0 Å². The summed E-state index contributed by atoms with van der Waals surface area (Å²) in [6.45, 7) is 12.0. The average molecular weight is 553 g/mol. The number of hydrogen-bond donors (Lipinski definition) is 1. The van der Waals surface area contributed by atoms with Gasteiger partial charge in [0.2, 0.25) is 11.8 Å². The Morgan fingerprint density at radius 2 is 2.00 bits per heavy atom. The lowest BCUT2D eigenvalue weighted by Gasteiger charge is -2.44. The molecule has 11 heteroatoms. The van der Waals surface area contributed by atoms with E-state index in [0.29, 0.717) is 52.9 Å². The SMILES string of the molecule is C=CCN1C(=O)S/C(=C\c2cccc(Oc3ncnc(OC4CCN(C(=O)O)C(C(C)(C)C)C4)c3C)c2)C1=O. The van der Waals surface area contributed by atoms with Gasteiger partial charge in [-0.3, -0.25) is 14.5 Å². The molecule has 0 saturated carbocycles. The van der Waals surface area contributed by atoms with Crippen molar-refractivity contribution in [3.8, 4) is 17.5 Å². The molecule has 0 bridgehead atoms. The van der Waals surface area contributed by atoms with Crippen molar-refractivity contribution in [1.29, 1.82) is 0 Å². The summed E-state index contributed by atoms with van der Waals surface area (Å²) in [5.74, 6) is 0.837. The minimum Gasteiger partial charge on any atom is -0.474 e. The maximum Gasteiger partial charge on any atom is 0.407 e. The summed E-state index contributed by atoms with van der Waals surface area (Å²) in [5.41, 5.74) is 1.06. The fraction of sp³-hybridized carbons (Fsp3) is 0.393. The van der Waals surface area contributed by atoms with Crippen LogP contribution in [0.25, 0.3) is 6.08 Å². The van der Waals surface area contributed by atoms with Gasteiger partial charge in [0.05, 0.1) is 10.5 Å². The standard InChI is InChI=1S/C28H32N4O6S/c1-6-11-32-25(33)21(39-27(32)36)14-18-8-7-9-19(13-18)37-23-17(2)24(30-16-29-23)38-20-10-12-31(26(34)35)22(15-20)28(3,4)5/h6-9,13-14,16,20,22H,1,10-12,15H2,2-5H3,(H,34,35)/b21-14-. The number of hydrogen-bond acceptors (Lipinski definition) is 8. The fourth-order valence-electron chi connectivity index (χ4n) is 4.61.